The Morgan fingerprint density at radius 1 is 1.29 bits per heavy atom. The van der Waals surface area contributed by atoms with E-state index in [9.17, 15) is 9.59 Å². The lowest BCUT2D eigenvalue weighted by Crippen LogP contribution is -2.42. The molecule has 5 nitrogen and oxygen atoms in total. The van der Waals surface area contributed by atoms with E-state index in [4.69, 9.17) is 4.74 Å². The molecule has 3 rings (SSSR count). The third kappa shape index (κ3) is 4.08. The van der Waals surface area contributed by atoms with E-state index in [1.165, 1.54) is 11.1 Å². The van der Waals surface area contributed by atoms with Crippen molar-refractivity contribution in [1.29, 1.82) is 0 Å². The summed E-state index contributed by atoms with van der Waals surface area (Å²) < 4.78 is 5.63. The molecule has 0 saturated carbocycles. The molecule has 0 spiro atoms. The van der Waals surface area contributed by atoms with Crippen LogP contribution in [-0.4, -0.2) is 43.0 Å². The van der Waals surface area contributed by atoms with Gasteiger partial charge in [0.15, 0.2) is 0 Å². The van der Waals surface area contributed by atoms with Crippen LogP contribution in [0.1, 0.15) is 37.3 Å². The molecule has 0 aliphatic carbocycles. The first kappa shape index (κ1) is 16.8. The number of piperidine rings is 1. The second kappa shape index (κ2) is 7.69. The van der Waals surface area contributed by atoms with Crippen molar-refractivity contribution < 1.29 is 14.3 Å². The van der Waals surface area contributed by atoms with Gasteiger partial charge in [-0.25, -0.2) is 0 Å². The molecule has 1 aromatic rings. The zero-order valence-electron chi connectivity index (χ0n) is 14.3. The first-order chi connectivity index (χ1) is 11.6. The summed E-state index contributed by atoms with van der Waals surface area (Å²) in [5, 5.41) is 3.05. The van der Waals surface area contributed by atoms with Crippen molar-refractivity contribution in [2.75, 3.05) is 26.2 Å². The highest BCUT2D eigenvalue weighted by Crippen LogP contribution is 2.25. The van der Waals surface area contributed by atoms with E-state index >= 15 is 0 Å². The quantitative estimate of drug-likeness (QED) is 0.918. The first-order valence-electron chi connectivity index (χ1n) is 8.91. The zero-order valence-corrected chi connectivity index (χ0v) is 14.3. The van der Waals surface area contributed by atoms with Crippen LogP contribution in [0.15, 0.2) is 18.2 Å². The van der Waals surface area contributed by atoms with E-state index in [-0.39, 0.29) is 17.7 Å². The fourth-order valence-corrected chi connectivity index (χ4v) is 3.50. The number of nitrogens with zero attached hydrogens (tertiary/aromatic N) is 1. The summed E-state index contributed by atoms with van der Waals surface area (Å²) in [4.78, 5) is 25.4. The Morgan fingerprint density at radius 2 is 2.08 bits per heavy atom. The van der Waals surface area contributed by atoms with Crippen LogP contribution in [-0.2, 0) is 22.4 Å². The number of aryl methyl sites for hydroxylation is 1. The predicted octanol–water partition coefficient (Wildman–Crippen LogP) is 1.93. The molecule has 2 heterocycles. The average molecular weight is 330 g/mol. The van der Waals surface area contributed by atoms with Crippen LogP contribution < -0.4 is 10.1 Å². The number of carbonyl (C=O) groups is 2. The number of fused-ring (bicyclic) bond motifs is 1. The van der Waals surface area contributed by atoms with E-state index < -0.39 is 0 Å². The lowest BCUT2D eigenvalue weighted by Gasteiger charge is -2.30. The third-order valence-corrected chi connectivity index (χ3v) is 5.00. The number of ether oxygens (including phenoxy) is 1. The van der Waals surface area contributed by atoms with Gasteiger partial charge >= 0.3 is 0 Å². The molecule has 0 radical (unpaired) electrons. The Morgan fingerprint density at radius 3 is 2.83 bits per heavy atom. The van der Waals surface area contributed by atoms with Crippen LogP contribution in [0.25, 0.3) is 0 Å². The van der Waals surface area contributed by atoms with Crippen LogP contribution in [0.4, 0.5) is 0 Å². The fourth-order valence-electron chi connectivity index (χ4n) is 3.50. The van der Waals surface area contributed by atoms with Gasteiger partial charge in [-0.05, 0) is 49.3 Å². The lowest BCUT2D eigenvalue weighted by atomic mass is 9.95. The Kier molecular flexibility index (Phi) is 5.38. The molecule has 1 saturated heterocycles. The van der Waals surface area contributed by atoms with Gasteiger partial charge in [0.25, 0.3) is 0 Å². The van der Waals surface area contributed by atoms with Crippen molar-refractivity contribution in [3.05, 3.63) is 29.3 Å². The Hall–Kier alpha value is -2.04. The van der Waals surface area contributed by atoms with Gasteiger partial charge in [-0.3, -0.25) is 9.59 Å². The average Bonchev–Trinajstić information content (AvgIpc) is 2.61. The largest absolute Gasteiger partial charge is 0.493 e. The summed E-state index contributed by atoms with van der Waals surface area (Å²) in [5.74, 6) is 1.27. The molecule has 0 unspecified atom stereocenters. The highest BCUT2D eigenvalue weighted by Gasteiger charge is 2.25. The second-order valence-electron chi connectivity index (χ2n) is 6.72. The van der Waals surface area contributed by atoms with Crippen LogP contribution >= 0.6 is 0 Å². The Bertz CT molecular complexity index is 607. The fraction of sp³-hybridized carbons (Fsp3) is 0.579. The minimum atomic E-state index is 0.0394. The van der Waals surface area contributed by atoms with Crippen LogP contribution in [0.2, 0.25) is 0 Å². The highest BCUT2D eigenvalue weighted by atomic mass is 16.5. The number of amides is 2. The summed E-state index contributed by atoms with van der Waals surface area (Å²) in [6, 6.07) is 6.33. The molecule has 0 bridgehead atoms. The smallest absolute Gasteiger partial charge is 0.223 e. The predicted molar refractivity (Wildman–Crippen MR) is 91.9 cm³/mol. The van der Waals surface area contributed by atoms with E-state index in [0.717, 1.165) is 44.5 Å². The minimum Gasteiger partial charge on any atom is -0.493 e. The van der Waals surface area contributed by atoms with Gasteiger partial charge < -0.3 is 15.0 Å². The monoisotopic (exact) mass is 330 g/mol. The zero-order chi connectivity index (χ0) is 16.9. The van der Waals surface area contributed by atoms with Crippen LogP contribution in [0.5, 0.6) is 5.75 Å². The lowest BCUT2D eigenvalue weighted by molar-refractivity contribution is -0.133. The van der Waals surface area contributed by atoms with Gasteiger partial charge in [-0.15, -0.1) is 0 Å². The molecule has 5 heteroatoms. The van der Waals surface area contributed by atoms with Crippen LogP contribution in [0, 0.1) is 5.92 Å². The van der Waals surface area contributed by atoms with Crippen molar-refractivity contribution in [3.8, 4) is 5.75 Å². The molecule has 0 atom stereocenters. The normalized spacial score (nSPS) is 17.8. The van der Waals surface area contributed by atoms with Gasteiger partial charge in [0.1, 0.15) is 5.75 Å². The standard InChI is InChI=1S/C19H26N2O3/c1-14(22)21-10-7-16(8-11-21)19(23)20-9-6-15-4-5-18-17(13-15)3-2-12-24-18/h4-5,13,16H,2-3,6-12H2,1H3,(H,20,23). The van der Waals surface area contributed by atoms with E-state index in [0.29, 0.717) is 19.6 Å². The number of rotatable bonds is 4. The molecule has 2 aliphatic rings. The van der Waals surface area contributed by atoms with E-state index in [1.54, 1.807) is 6.92 Å². The van der Waals surface area contributed by atoms with Gasteiger partial charge in [-0.2, -0.15) is 0 Å². The summed E-state index contributed by atoms with van der Waals surface area (Å²) in [6.45, 7) is 4.44. The maximum Gasteiger partial charge on any atom is 0.223 e. The number of likely N-dealkylation sites (tertiary alicyclic amines) is 1. The third-order valence-electron chi connectivity index (χ3n) is 5.00. The molecule has 1 N–H and O–H groups in total. The summed E-state index contributed by atoms with van der Waals surface area (Å²) in [6.07, 6.45) is 4.52. The number of benzene rings is 1. The molecular formula is C19H26N2O3. The van der Waals surface area contributed by atoms with Crippen molar-refractivity contribution in [1.82, 2.24) is 10.2 Å². The van der Waals surface area contributed by atoms with E-state index in [2.05, 4.69) is 17.4 Å². The first-order valence-corrected chi connectivity index (χ1v) is 8.91. The van der Waals surface area contributed by atoms with Crippen molar-refractivity contribution >= 4 is 11.8 Å². The molecule has 0 aromatic heterocycles. The van der Waals surface area contributed by atoms with Crippen molar-refractivity contribution in [2.45, 2.75) is 39.0 Å². The van der Waals surface area contributed by atoms with Gasteiger partial charge in [0, 0.05) is 32.5 Å². The maximum atomic E-state index is 12.3. The molecule has 2 amide bonds. The molecule has 24 heavy (non-hydrogen) atoms. The highest BCUT2D eigenvalue weighted by molar-refractivity contribution is 5.79. The van der Waals surface area contributed by atoms with Crippen molar-refractivity contribution in [3.63, 3.8) is 0 Å². The molecule has 1 fully saturated rings. The minimum absolute atomic E-state index is 0.0394. The second-order valence-corrected chi connectivity index (χ2v) is 6.72. The SMILES string of the molecule is CC(=O)N1CCC(C(=O)NCCc2ccc3c(c2)CCCO3)CC1. The number of hydrogen-bond donors (Lipinski definition) is 1. The topological polar surface area (TPSA) is 58.6 Å². The molecular weight excluding hydrogens is 304 g/mol. The van der Waals surface area contributed by atoms with Gasteiger partial charge in [-0.1, -0.05) is 12.1 Å². The van der Waals surface area contributed by atoms with E-state index in [1.807, 2.05) is 11.0 Å². The molecule has 130 valence electrons. The summed E-state index contributed by atoms with van der Waals surface area (Å²) >= 11 is 0. The Balaban J connectivity index is 1.43. The molecule has 2 aliphatic heterocycles. The van der Waals surface area contributed by atoms with Crippen molar-refractivity contribution in [2.24, 2.45) is 5.92 Å². The van der Waals surface area contributed by atoms with Gasteiger partial charge in [0.2, 0.25) is 11.8 Å². The summed E-state index contributed by atoms with van der Waals surface area (Å²) in [7, 11) is 0. The Labute approximate surface area is 143 Å². The number of hydrogen-bond acceptors (Lipinski definition) is 3. The summed E-state index contributed by atoms with van der Waals surface area (Å²) in [5.41, 5.74) is 2.52. The molecule has 1 aromatic carbocycles. The maximum absolute atomic E-state index is 12.3. The number of carbonyl (C=O) groups excluding carboxylic acids is 2. The number of nitrogens with one attached hydrogen (secondary N) is 1. The van der Waals surface area contributed by atoms with Crippen LogP contribution in [0.3, 0.4) is 0 Å². The van der Waals surface area contributed by atoms with Gasteiger partial charge in [0.05, 0.1) is 6.61 Å².